The minimum atomic E-state index is -4.42. The zero-order chi connectivity index (χ0) is 15.4. The van der Waals surface area contributed by atoms with Crippen molar-refractivity contribution in [1.29, 1.82) is 0 Å². The number of hydrogen-bond donors (Lipinski definition) is 0. The maximum absolute atomic E-state index is 13.8. The van der Waals surface area contributed by atoms with E-state index >= 15 is 0 Å². The summed E-state index contributed by atoms with van der Waals surface area (Å²) in [7, 11) is 0. The first-order chi connectivity index (χ1) is 10.5. The maximum Gasteiger partial charge on any atom is 0.410 e. The van der Waals surface area contributed by atoms with E-state index in [1.807, 2.05) is 6.07 Å². The summed E-state index contributed by atoms with van der Waals surface area (Å²) in [5.74, 6) is 0. The molecule has 3 heterocycles. The van der Waals surface area contributed by atoms with Gasteiger partial charge in [-0.25, -0.2) is 4.98 Å². The molecular formula is C15H10F3N3S. The molecule has 1 atom stereocenters. The molecule has 112 valence electrons. The van der Waals surface area contributed by atoms with Crippen molar-refractivity contribution in [3.63, 3.8) is 0 Å². The molecule has 3 aromatic rings. The second kappa shape index (κ2) is 4.49. The van der Waals surface area contributed by atoms with Gasteiger partial charge in [-0.05, 0) is 24.3 Å². The average Bonchev–Trinajstić information content (AvgIpc) is 3.03. The van der Waals surface area contributed by atoms with Crippen LogP contribution in [0.2, 0.25) is 0 Å². The first-order valence-electron chi connectivity index (χ1n) is 6.64. The predicted molar refractivity (Wildman–Crippen MR) is 77.6 cm³/mol. The molecule has 2 aromatic heterocycles. The summed E-state index contributed by atoms with van der Waals surface area (Å²) in [5, 5.41) is 0.379. The van der Waals surface area contributed by atoms with Crippen LogP contribution in [0.3, 0.4) is 0 Å². The minimum absolute atomic E-state index is 0.0158. The Bertz CT molecular complexity index is 844. The van der Waals surface area contributed by atoms with Crippen LogP contribution < -0.4 is 0 Å². The quantitative estimate of drug-likeness (QED) is 0.679. The molecule has 1 aromatic carbocycles. The largest absolute Gasteiger partial charge is 0.410 e. The van der Waals surface area contributed by atoms with Crippen molar-refractivity contribution in [2.75, 3.05) is 0 Å². The lowest BCUT2D eigenvalue weighted by Crippen LogP contribution is -2.40. The van der Waals surface area contributed by atoms with E-state index in [9.17, 15) is 13.2 Å². The molecule has 4 rings (SSSR count). The Hall–Kier alpha value is -2.02. The first kappa shape index (κ1) is 13.6. The lowest BCUT2D eigenvalue weighted by Gasteiger charge is -2.29. The third-order valence-corrected chi connectivity index (χ3v) is 5.21. The number of benzene rings is 1. The Balaban J connectivity index is 1.89. The molecule has 7 heteroatoms. The minimum Gasteiger partial charge on any atom is -0.317 e. The summed E-state index contributed by atoms with van der Waals surface area (Å²) in [6, 6.07) is 11.8. The molecular weight excluding hydrogens is 311 g/mol. The number of alkyl halides is 3. The zero-order valence-corrected chi connectivity index (χ0v) is 12.0. The molecule has 0 fully saturated rings. The summed E-state index contributed by atoms with van der Waals surface area (Å²) in [4.78, 5) is 8.29. The Morgan fingerprint density at radius 3 is 2.59 bits per heavy atom. The molecule has 0 aliphatic carbocycles. The van der Waals surface area contributed by atoms with Crippen LogP contribution in [-0.4, -0.2) is 20.7 Å². The van der Waals surface area contributed by atoms with Crippen LogP contribution in [-0.2, 0) is 11.3 Å². The van der Waals surface area contributed by atoms with Gasteiger partial charge in [-0.2, -0.15) is 13.2 Å². The number of fused-ring (bicyclic) bond motifs is 3. The van der Waals surface area contributed by atoms with E-state index in [-0.39, 0.29) is 12.2 Å². The van der Waals surface area contributed by atoms with Gasteiger partial charge in [0.15, 0.2) is 9.90 Å². The van der Waals surface area contributed by atoms with Crippen LogP contribution in [0.1, 0.15) is 5.69 Å². The number of pyridine rings is 1. The molecule has 0 amide bonds. The van der Waals surface area contributed by atoms with Crippen LogP contribution in [0.25, 0.3) is 11.0 Å². The predicted octanol–water partition coefficient (Wildman–Crippen LogP) is 3.99. The monoisotopic (exact) mass is 321 g/mol. The van der Waals surface area contributed by atoms with E-state index in [1.54, 1.807) is 34.9 Å². The Labute approximate surface area is 128 Å². The summed E-state index contributed by atoms with van der Waals surface area (Å²) in [6.45, 7) is -0.214. The van der Waals surface area contributed by atoms with Gasteiger partial charge in [0.05, 0.1) is 23.3 Å². The van der Waals surface area contributed by atoms with Gasteiger partial charge in [0.1, 0.15) is 0 Å². The first-order valence-corrected chi connectivity index (χ1v) is 7.45. The maximum atomic E-state index is 13.8. The highest BCUT2D eigenvalue weighted by molar-refractivity contribution is 8.00. The number of nitrogens with zero attached hydrogens (tertiary/aromatic N) is 3. The molecule has 3 nitrogen and oxygen atoms in total. The lowest BCUT2D eigenvalue weighted by atomic mass is 10.0. The molecule has 0 spiro atoms. The van der Waals surface area contributed by atoms with Crippen molar-refractivity contribution in [2.24, 2.45) is 0 Å². The fourth-order valence-corrected chi connectivity index (χ4v) is 3.99. The Morgan fingerprint density at radius 1 is 1.09 bits per heavy atom. The zero-order valence-electron chi connectivity index (χ0n) is 11.2. The van der Waals surface area contributed by atoms with E-state index < -0.39 is 10.9 Å². The van der Waals surface area contributed by atoms with E-state index in [0.29, 0.717) is 16.2 Å². The van der Waals surface area contributed by atoms with Crippen LogP contribution in [0.15, 0.2) is 53.8 Å². The van der Waals surface area contributed by atoms with Gasteiger partial charge in [-0.3, -0.25) is 4.98 Å². The summed E-state index contributed by atoms with van der Waals surface area (Å²) >= 11 is 0.734. The standard InChI is InChI=1S/C15H10F3N3S/c16-15(17,18)14(12-7-3-4-8-19-12)9-21-11-6-2-1-5-10(11)20-13(21)22-14/h1-8H,9H2. The number of aromatic nitrogens is 3. The number of thioether (sulfide) groups is 1. The molecule has 0 saturated carbocycles. The van der Waals surface area contributed by atoms with E-state index in [0.717, 1.165) is 11.8 Å². The SMILES string of the molecule is FC(F)(F)C1(c2ccccn2)Cn2c(nc3ccccc32)S1. The number of rotatable bonds is 1. The number of imidazole rings is 1. The lowest BCUT2D eigenvalue weighted by molar-refractivity contribution is -0.164. The molecule has 1 aliphatic heterocycles. The van der Waals surface area contributed by atoms with Gasteiger partial charge in [0, 0.05) is 6.20 Å². The van der Waals surface area contributed by atoms with Crippen molar-refractivity contribution < 1.29 is 13.2 Å². The molecule has 0 bridgehead atoms. The van der Waals surface area contributed by atoms with Crippen LogP contribution in [0.5, 0.6) is 0 Å². The molecule has 1 aliphatic rings. The molecule has 0 radical (unpaired) electrons. The molecule has 22 heavy (non-hydrogen) atoms. The number of para-hydroxylation sites is 2. The van der Waals surface area contributed by atoms with Gasteiger partial charge in [-0.15, -0.1) is 0 Å². The Kier molecular flexibility index (Phi) is 2.78. The summed E-state index contributed by atoms with van der Waals surface area (Å²) in [5.41, 5.74) is 1.44. The fourth-order valence-electron chi connectivity index (χ4n) is 2.72. The fraction of sp³-hybridized carbons (Fsp3) is 0.200. The van der Waals surface area contributed by atoms with Gasteiger partial charge in [0.2, 0.25) is 0 Å². The van der Waals surface area contributed by atoms with Crippen molar-refractivity contribution in [3.05, 3.63) is 54.4 Å². The van der Waals surface area contributed by atoms with Crippen LogP contribution in [0, 0.1) is 0 Å². The Morgan fingerprint density at radius 2 is 1.86 bits per heavy atom. The molecule has 0 saturated heterocycles. The van der Waals surface area contributed by atoms with Crippen LogP contribution >= 0.6 is 11.8 Å². The third kappa shape index (κ3) is 1.78. The van der Waals surface area contributed by atoms with Crippen molar-refractivity contribution in [3.8, 4) is 0 Å². The normalized spacial score (nSPS) is 21.2. The van der Waals surface area contributed by atoms with Crippen molar-refractivity contribution in [1.82, 2.24) is 14.5 Å². The molecule has 0 N–H and O–H groups in total. The van der Waals surface area contributed by atoms with Gasteiger partial charge in [-0.1, -0.05) is 30.0 Å². The smallest absolute Gasteiger partial charge is 0.317 e. The average molecular weight is 321 g/mol. The van der Waals surface area contributed by atoms with E-state index in [1.165, 1.54) is 12.3 Å². The third-order valence-electron chi connectivity index (χ3n) is 3.80. The second-order valence-corrected chi connectivity index (χ2v) is 6.38. The van der Waals surface area contributed by atoms with E-state index in [2.05, 4.69) is 9.97 Å². The second-order valence-electron chi connectivity index (χ2n) is 5.11. The van der Waals surface area contributed by atoms with E-state index in [4.69, 9.17) is 0 Å². The van der Waals surface area contributed by atoms with Gasteiger partial charge < -0.3 is 4.57 Å². The highest BCUT2D eigenvalue weighted by atomic mass is 32.2. The van der Waals surface area contributed by atoms with Crippen LogP contribution in [0.4, 0.5) is 13.2 Å². The van der Waals surface area contributed by atoms with Crippen molar-refractivity contribution >= 4 is 22.8 Å². The molecule has 1 unspecified atom stereocenters. The number of hydrogen-bond acceptors (Lipinski definition) is 3. The van der Waals surface area contributed by atoms with Crippen molar-refractivity contribution in [2.45, 2.75) is 22.6 Å². The topological polar surface area (TPSA) is 30.7 Å². The number of halogens is 3. The highest BCUT2D eigenvalue weighted by Crippen LogP contribution is 2.57. The van der Waals surface area contributed by atoms with Gasteiger partial charge >= 0.3 is 6.18 Å². The van der Waals surface area contributed by atoms with Gasteiger partial charge in [0.25, 0.3) is 0 Å². The highest BCUT2D eigenvalue weighted by Gasteiger charge is 2.61. The summed E-state index contributed by atoms with van der Waals surface area (Å²) in [6.07, 6.45) is -3.03. The summed E-state index contributed by atoms with van der Waals surface area (Å²) < 4.78 is 41.1.